The van der Waals surface area contributed by atoms with Gasteiger partial charge in [-0.3, -0.25) is 0 Å². The number of fused-ring (bicyclic) bond motifs is 2. The van der Waals surface area contributed by atoms with E-state index >= 15 is 0 Å². The zero-order valence-corrected chi connectivity index (χ0v) is 13.2. The van der Waals surface area contributed by atoms with E-state index in [0.717, 1.165) is 37.6 Å². The van der Waals surface area contributed by atoms with Crippen molar-refractivity contribution in [3.8, 4) is 0 Å². The summed E-state index contributed by atoms with van der Waals surface area (Å²) in [6.07, 6.45) is 8.03. The Labute approximate surface area is 122 Å². The molecule has 3 rings (SSSR count). The monoisotopic (exact) mass is 301 g/mol. The number of sulfonamides is 1. The van der Waals surface area contributed by atoms with Gasteiger partial charge in [0, 0.05) is 38.3 Å². The normalized spacial score (nSPS) is 36.4. The van der Waals surface area contributed by atoms with Crippen molar-refractivity contribution in [1.82, 2.24) is 14.5 Å². The zero-order valence-electron chi connectivity index (χ0n) is 12.4. The molecule has 0 aromatic carbocycles. The van der Waals surface area contributed by atoms with E-state index in [0.29, 0.717) is 13.1 Å². The Morgan fingerprint density at radius 3 is 2.20 bits per heavy atom. The molecule has 6 heteroatoms. The van der Waals surface area contributed by atoms with Crippen LogP contribution in [0.15, 0.2) is 0 Å². The summed E-state index contributed by atoms with van der Waals surface area (Å²) >= 11 is 0. The highest BCUT2D eigenvalue weighted by molar-refractivity contribution is 7.88. The predicted molar refractivity (Wildman–Crippen MR) is 80.1 cm³/mol. The highest BCUT2D eigenvalue weighted by Crippen LogP contribution is 2.32. The SMILES string of the molecule is CS(=O)(=O)N1CCN(CCC2CC3CCC(C2)N3)CC1. The molecule has 0 aromatic rings. The molecule has 2 unspecified atom stereocenters. The van der Waals surface area contributed by atoms with Crippen LogP contribution in [0.4, 0.5) is 0 Å². The van der Waals surface area contributed by atoms with Gasteiger partial charge in [0.15, 0.2) is 0 Å². The van der Waals surface area contributed by atoms with E-state index in [1.165, 1.54) is 38.4 Å². The van der Waals surface area contributed by atoms with E-state index < -0.39 is 10.0 Å². The van der Waals surface area contributed by atoms with Crippen LogP contribution in [0.5, 0.6) is 0 Å². The molecule has 1 N–H and O–H groups in total. The fraction of sp³-hybridized carbons (Fsp3) is 1.00. The maximum atomic E-state index is 11.5. The second-order valence-electron chi connectivity index (χ2n) is 6.77. The van der Waals surface area contributed by atoms with Crippen molar-refractivity contribution >= 4 is 10.0 Å². The average Bonchev–Trinajstić information content (AvgIpc) is 2.75. The van der Waals surface area contributed by atoms with E-state index in [9.17, 15) is 8.42 Å². The van der Waals surface area contributed by atoms with Gasteiger partial charge in [0.25, 0.3) is 0 Å². The number of nitrogens with one attached hydrogen (secondary N) is 1. The summed E-state index contributed by atoms with van der Waals surface area (Å²) in [5, 5.41) is 3.69. The van der Waals surface area contributed by atoms with Crippen LogP contribution in [-0.4, -0.2) is 68.7 Å². The first-order chi connectivity index (χ1) is 9.50. The third-order valence-corrected chi connectivity index (χ3v) is 6.53. The van der Waals surface area contributed by atoms with Crippen LogP contribution in [-0.2, 0) is 10.0 Å². The molecular formula is C14H27N3O2S. The summed E-state index contributed by atoms with van der Waals surface area (Å²) in [6.45, 7) is 4.25. The third-order valence-electron chi connectivity index (χ3n) is 5.22. The predicted octanol–water partition coefficient (Wildman–Crippen LogP) is 0.484. The van der Waals surface area contributed by atoms with E-state index in [1.54, 1.807) is 4.31 Å². The minimum Gasteiger partial charge on any atom is -0.311 e. The van der Waals surface area contributed by atoms with Crippen LogP contribution in [0, 0.1) is 5.92 Å². The lowest BCUT2D eigenvalue weighted by Gasteiger charge is -2.35. The standard InChI is InChI=1S/C14H27N3O2S/c1-20(18,19)17-8-6-16(7-9-17)5-4-12-10-13-2-3-14(11-12)15-13/h12-15H,2-11H2,1H3. The molecule has 3 saturated heterocycles. The first-order valence-corrected chi connectivity index (χ1v) is 9.79. The summed E-state index contributed by atoms with van der Waals surface area (Å²) in [5.41, 5.74) is 0. The number of hydrogen-bond acceptors (Lipinski definition) is 4. The number of hydrogen-bond donors (Lipinski definition) is 1. The van der Waals surface area contributed by atoms with Crippen molar-refractivity contribution in [3.05, 3.63) is 0 Å². The van der Waals surface area contributed by atoms with Crippen molar-refractivity contribution in [1.29, 1.82) is 0 Å². The molecule has 2 bridgehead atoms. The minimum atomic E-state index is -2.99. The fourth-order valence-electron chi connectivity index (χ4n) is 4.06. The van der Waals surface area contributed by atoms with Crippen LogP contribution in [0.25, 0.3) is 0 Å². The molecule has 0 aliphatic carbocycles. The molecule has 0 saturated carbocycles. The van der Waals surface area contributed by atoms with E-state index in [-0.39, 0.29) is 0 Å². The van der Waals surface area contributed by atoms with Gasteiger partial charge in [-0.05, 0) is 44.6 Å². The highest BCUT2D eigenvalue weighted by Gasteiger charge is 2.33. The lowest BCUT2D eigenvalue weighted by Crippen LogP contribution is -2.48. The van der Waals surface area contributed by atoms with Gasteiger partial charge in [-0.25, -0.2) is 8.42 Å². The van der Waals surface area contributed by atoms with Crippen molar-refractivity contribution in [2.45, 2.75) is 44.2 Å². The topological polar surface area (TPSA) is 52.7 Å². The molecule has 3 aliphatic rings. The second-order valence-corrected chi connectivity index (χ2v) is 8.75. The quantitative estimate of drug-likeness (QED) is 0.821. The van der Waals surface area contributed by atoms with Gasteiger partial charge >= 0.3 is 0 Å². The van der Waals surface area contributed by atoms with E-state index in [4.69, 9.17) is 0 Å². The third kappa shape index (κ3) is 3.53. The average molecular weight is 301 g/mol. The first kappa shape index (κ1) is 14.8. The molecule has 116 valence electrons. The molecule has 3 aliphatic heterocycles. The van der Waals surface area contributed by atoms with Crippen LogP contribution in [0.1, 0.15) is 32.1 Å². The first-order valence-electron chi connectivity index (χ1n) is 7.94. The van der Waals surface area contributed by atoms with Crippen molar-refractivity contribution in [2.75, 3.05) is 39.0 Å². The molecule has 0 aromatic heterocycles. The summed E-state index contributed by atoms with van der Waals surface area (Å²) in [4.78, 5) is 2.44. The van der Waals surface area contributed by atoms with Gasteiger partial charge in [-0.2, -0.15) is 4.31 Å². The van der Waals surface area contributed by atoms with Crippen LogP contribution in [0.2, 0.25) is 0 Å². The summed E-state index contributed by atoms with van der Waals surface area (Å²) < 4.78 is 24.6. The van der Waals surface area contributed by atoms with Gasteiger partial charge in [0.05, 0.1) is 6.26 Å². The van der Waals surface area contributed by atoms with Gasteiger partial charge in [-0.1, -0.05) is 0 Å². The Kier molecular flexibility index (Phi) is 4.36. The number of rotatable bonds is 4. The Balaban J connectivity index is 1.40. The van der Waals surface area contributed by atoms with Gasteiger partial charge < -0.3 is 10.2 Å². The summed E-state index contributed by atoms with van der Waals surface area (Å²) in [5.74, 6) is 0.877. The Bertz CT molecular complexity index is 420. The van der Waals surface area contributed by atoms with Gasteiger partial charge in [-0.15, -0.1) is 0 Å². The number of piperidine rings is 1. The van der Waals surface area contributed by atoms with Crippen molar-refractivity contribution < 1.29 is 8.42 Å². The fourth-order valence-corrected chi connectivity index (χ4v) is 4.89. The van der Waals surface area contributed by atoms with E-state index in [1.807, 2.05) is 0 Å². The summed E-state index contributed by atoms with van der Waals surface area (Å²) in [6, 6.07) is 1.56. The molecule has 20 heavy (non-hydrogen) atoms. The Morgan fingerprint density at radius 2 is 1.65 bits per heavy atom. The highest BCUT2D eigenvalue weighted by atomic mass is 32.2. The molecule has 2 atom stereocenters. The molecule has 0 amide bonds. The van der Waals surface area contributed by atoms with Crippen LogP contribution < -0.4 is 5.32 Å². The maximum Gasteiger partial charge on any atom is 0.211 e. The van der Waals surface area contributed by atoms with Crippen LogP contribution >= 0.6 is 0 Å². The van der Waals surface area contributed by atoms with Crippen molar-refractivity contribution in [2.24, 2.45) is 5.92 Å². The Morgan fingerprint density at radius 1 is 1.05 bits per heavy atom. The van der Waals surface area contributed by atoms with Crippen LogP contribution in [0.3, 0.4) is 0 Å². The maximum absolute atomic E-state index is 11.5. The zero-order chi connectivity index (χ0) is 14.2. The molecule has 0 spiro atoms. The lowest BCUT2D eigenvalue weighted by molar-refractivity contribution is 0.167. The minimum absolute atomic E-state index is 0.663. The van der Waals surface area contributed by atoms with Gasteiger partial charge in [0.2, 0.25) is 10.0 Å². The molecule has 5 nitrogen and oxygen atoms in total. The number of nitrogens with zero attached hydrogens (tertiary/aromatic N) is 2. The molecule has 3 heterocycles. The van der Waals surface area contributed by atoms with Crippen molar-refractivity contribution in [3.63, 3.8) is 0 Å². The van der Waals surface area contributed by atoms with E-state index in [2.05, 4.69) is 10.2 Å². The smallest absolute Gasteiger partial charge is 0.211 e. The Hall–Kier alpha value is -0.170. The van der Waals surface area contributed by atoms with Gasteiger partial charge in [0.1, 0.15) is 0 Å². The number of piperazine rings is 1. The second kappa shape index (κ2) is 5.91. The lowest BCUT2D eigenvalue weighted by atomic mass is 9.89. The summed E-state index contributed by atoms with van der Waals surface area (Å²) in [7, 11) is -2.99. The molecular weight excluding hydrogens is 274 g/mol. The molecule has 0 radical (unpaired) electrons. The molecule has 3 fully saturated rings. The largest absolute Gasteiger partial charge is 0.311 e.